The fourth-order valence-electron chi connectivity index (χ4n) is 2.13. The number of thiazole rings is 1. The largest absolute Gasteiger partial charge is 0.364 e. The van der Waals surface area contributed by atoms with Gasteiger partial charge in [0.1, 0.15) is 6.10 Å². The maximum atomic E-state index is 11.9. The second-order valence-corrected chi connectivity index (χ2v) is 5.63. The van der Waals surface area contributed by atoms with Crippen molar-refractivity contribution >= 4 is 17.2 Å². The van der Waals surface area contributed by atoms with Crippen LogP contribution in [-0.4, -0.2) is 36.2 Å². The summed E-state index contributed by atoms with van der Waals surface area (Å²) in [5.74, 6) is -0.0260. The molecule has 0 saturated carbocycles. The Hall–Kier alpha value is -0.980. The molecule has 2 atom stereocenters. The summed E-state index contributed by atoms with van der Waals surface area (Å²) in [6, 6.07) is 0. The molecule has 0 spiro atoms. The molecule has 1 saturated heterocycles. The molecule has 1 aromatic heterocycles. The molecule has 0 radical (unpaired) electrons. The van der Waals surface area contributed by atoms with E-state index in [9.17, 15) is 4.79 Å². The fourth-order valence-corrected chi connectivity index (χ4v) is 2.90. The predicted octanol–water partition coefficient (Wildman–Crippen LogP) is 0.870. The van der Waals surface area contributed by atoms with Crippen molar-refractivity contribution < 1.29 is 9.53 Å². The zero-order chi connectivity index (χ0) is 13.7. The normalized spacial score (nSPS) is 22.6. The van der Waals surface area contributed by atoms with Gasteiger partial charge in [0, 0.05) is 24.9 Å². The van der Waals surface area contributed by atoms with E-state index in [1.165, 1.54) is 0 Å². The number of carbonyl (C=O) groups excluding carboxylic acids is 1. The number of carbonyl (C=O) groups is 1. The number of nitrogens with one attached hydrogen (secondary N) is 1. The van der Waals surface area contributed by atoms with Gasteiger partial charge >= 0.3 is 0 Å². The fraction of sp³-hybridized carbons (Fsp3) is 0.692. The van der Waals surface area contributed by atoms with Crippen LogP contribution in [0.2, 0.25) is 0 Å². The number of aryl methyl sites for hydroxylation is 1. The monoisotopic (exact) mass is 283 g/mol. The highest BCUT2D eigenvalue weighted by molar-refractivity contribution is 7.09. The highest BCUT2D eigenvalue weighted by Crippen LogP contribution is 2.18. The van der Waals surface area contributed by atoms with E-state index in [1.807, 2.05) is 0 Å². The minimum absolute atomic E-state index is 0.0260. The smallest absolute Gasteiger partial charge is 0.249 e. The second kappa shape index (κ2) is 6.98. The number of rotatable bonds is 6. The predicted molar refractivity (Wildman–Crippen MR) is 75.2 cm³/mol. The summed E-state index contributed by atoms with van der Waals surface area (Å²) in [7, 11) is 0. The lowest BCUT2D eigenvalue weighted by molar-refractivity contribution is -0.131. The van der Waals surface area contributed by atoms with Crippen LogP contribution in [0.1, 0.15) is 30.5 Å². The van der Waals surface area contributed by atoms with Crippen molar-refractivity contribution in [3.05, 3.63) is 16.1 Å². The van der Waals surface area contributed by atoms with Crippen LogP contribution >= 0.6 is 11.3 Å². The van der Waals surface area contributed by atoms with E-state index in [4.69, 9.17) is 10.5 Å². The first-order valence-electron chi connectivity index (χ1n) is 6.79. The molecule has 106 valence electrons. The van der Waals surface area contributed by atoms with E-state index in [2.05, 4.69) is 22.6 Å². The highest BCUT2D eigenvalue weighted by atomic mass is 32.1. The van der Waals surface area contributed by atoms with Crippen LogP contribution < -0.4 is 11.1 Å². The van der Waals surface area contributed by atoms with Crippen LogP contribution in [0.15, 0.2) is 5.38 Å². The zero-order valence-corrected chi connectivity index (χ0v) is 12.0. The Morgan fingerprint density at radius 3 is 3.11 bits per heavy atom. The first kappa shape index (κ1) is 14.4. The van der Waals surface area contributed by atoms with Gasteiger partial charge in [0.2, 0.25) is 5.91 Å². The SMILES string of the molecule is CCc1nc(CCNC(=O)[C@@H]2CC[C@H](CN)O2)cs1. The quantitative estimate of drug-likeness (QED) is 0.812. The molecule has 5 nitrogen and oxygen atoms in total. The lowest BCUT2D eigenvalue weighted by Crippen LogP contribution is -2.36. The van der Waals surface area contributed by atoms with Gasteiger partial charge in [-0.15, -0.1) is 11.3 Å². The van der Waals surface area contributed by atoms with Gasteiger partial charge in [-0.1, -0.05) is 6.92 Å². The van der Waals surface area contributed by atoms with Gasteiger partial charge in [0.05, 0.1) is 16.8 Å². The molecule has 0 bridgehead atoms. The van der Waals surface area contributed by atoms with Gasteiger partial charge in [0.25, 0.3) is 0 Å². The van der Waals surface area contributed by atoms with E-state index >= 15 is 0 Å². The molecule has 0 aromatic carbocycles. The van der Waals surface area contributed by atoms with Crippen molar-refractivity contribution in [2.45, 2.75) is 44.8 Å². The molecular weight excluding hydrogens is 262 g/mol. The Balaban J connectivity index is 1.69. The molecule has 2 heterocycles. The summed E-state index contributed by atoms with van der Waals surface area (Å²) in [6.45, 7) is 3.19. The van der Waals surface area contributed by atoms with Gasteiger partial charge < -0.3 is 15.8 Å². The summed E-state index contributed by atoms with van der Waals surface area (Å²) >= 11 is 1.67. The van der Waals surface area contributed by atoms with E-state index in [0.717, 1.165) is 36.4 Å². The first-order valence-corrected chi connectivity index (χ1v) is 7.67. The molecule has 1 fully saturated rings. The lowest BCUT2D eigenvalue weighted by Gasteiger charge is -2.12. The highest BCUT2D eigenvalue weighted by Gasteiger charge is 2.29. The molecule has 1 aliphatic rings. The summed E-state index contributed by atoms with van der Waals surface area (Å²) in [5, 5.41) is 6.11. The Morgan fingerprint density at radius 1 is 1.63 bits per heavy atom. The van der Waals surface area contributed by atoms with E-state index in [1.54, 1.807) is 11.3 Å². The van der Waals surface area contributed by atoms with Gasteiger partial charge in [-0.25, -0.2) is 4.98 Å². The zero-order valence-electron chi connectivity index (χ0n) is 11.2. The number of ether oxygens (including phenoxy) is 1. The molecule has 2 rings (SSSR count). The third-order valence-electron chi connectivity index (χ3n) is 3.25. The van der Waals surface area contributed by atoms with Gasteiger partial charge in [-0.2, -0.15) is 0 Å². The molecule has 1 aromatic rings. The Labute approximate surface area is 117 Å². The van der Waals surface area contributed by atoms with Crippen molar-refractivity contribution in [2.75, 3.05) is 13.1 Å². The Kier molecular flexibility index (Phi) is 5.30. The van der Waals surface area contributed by atoms with Crippen molar-refractivity contribution in [2.24, 2.45) is 5.73 Å². The van der Waals surface area contributed by atoms with Crippen molar-refractivity contribution in [3.63, 3.8) is 0 Å². The van der Waals surface area contributed by atoms with Gasteiger partial charge in [0.15, 0.2) is 0 Å². The minimum Gasteiger partial charge on any atom is -0.364 e. The number of nitrogens with two attached hydrogens (primary N) is 1. The number of hydrogen-bond donors (Lipinski definition) is 2. The lowest BCUT2D eigenvalue weighted by atomic mass is 10.2. The maximum absolute atomic E-state index is 11.9. The molecule has 1 amide bonds. The number of hydrogen-bond acceptors (Lipinski definition) is 5. The van der Waals surface area contributed by atoms with Crippen LogP contribution in [0.5, 0.6) is 0 Å². The van der Waals surface area contributed by atoms with Crippen molar-refractivity contribution in [3.8, 4) is 0 Å². The maximum Gasteiger partial charge on any atom is 0.249 e. The van der Waals surface area contributed by atoms with E-state index in [0.29, 0.717) is 13.1 Å². The van der Waals surface area contributed by atoms with Gasteiger partial charge in [-0.05, 0) is 19.3 Å². The molecule has 0 unspecified atom stereocenters. The molecule has 3 N–H and O–H groups in total. The topological polar surface area (TPSA) is 77.2 Å². The number of aromatic nitrogens is 1. The van der Waals surface area contributed by atoms with E-state index in [-0.39, 0.29) is 18.1 Å². The van der Waals surface area contributed by atoms with Crippen LogP contribution in [0.4, 0.5) is 0 Å². The van der Waals surface area contributed by atoms with Crippen molar-refractivity contribution in [1.82, 2.24) is 10.3 Å². The van der Waals surface area contributed by atoms with Crippen LogP contribution in [0.3, 0.4) is 0 Å². The molecule has 19 heavy (non-hydrogen) atoms. The molecular formula is C13H21N3O2S. The van der Waals surface area contributed by atoms with E-state index < -0.39 is 0 Å². The van der Waals surface area contributed by atoms with Crippen LogP contribution in [-0.2, 0) is 22.4 Å². The van der Waals surface area contributed by atoms with Crippen LogP contribution in [0.25, 0.3) is 0 Å². The molecule has 6 heteroatoms. The average Bonchev–Trinajstić information content (AvgIpc) is 3.07. The van der Waals surface area contributed by atoms with Gasteiger partial charge in [-0.3, -0.25) is 4.79 Å². The standard InChI is InChI=1S/C13H21N3O2S/c1-2-12-16-9(8-19-12)5-6-15-13(17)11-4-3-10(7-14)18-11/h8,10-11H,2-7,14H2,1H3,(H,15,17)/t10-,11+/m1/s1. The third kappa shape index (κ3) is 3.99. The molecule has 1 aliphatic heterocycles. The van der Waals surface area contributed by atoms with Crippen LogP contribution in [0, 0.1) is 0 Å². The number of amides is 1. The first-order chi connectivity index (χ1) is 9.22. The Morgan fingerprint density at radius 2 is 2.47 bits per heavy atom. The summed E-state index contributed by atoms with van der Waals surface area (Å²) in [4.78, 5) is 16.3. The molecule has 0 aliphatic carbocycles. The Bertz CT molecular complexity index is 422. The average molecular weight is 283 g/mol. The third-order valence-corrected chi connectivity index (χ3v) is 4.29. The summed E-state index contributed by atoms with van der Waals surface area (Å²) < 4.78 is 5.55. The minimum atomic E-state index is -0.324. The summed E-state index contributed by atoms with van der Waals surface area (Å²) in [5.41, 5.74) is 6.57. The summed E-state index contributed by atoms with van der Waals surface area (Å²) in [6.07, 6.45) is 3.10. The number of nitrogens with zero attached hydrogens (tertiary/aromatic N) is 1. The second-order valence-electron chi connectivity index (χ2n) is 4.69. The van der Waals surface area contributed by atoms with Crippen molar-refractivity contribution in [1.29, 1.82) is 0 Å².